The molecule has 0 saturated carbocycles. The van der Waals surface area contributed by atoms with Crippen LogP contribution in [0.25, 0.3) is 0 Å². The van der Waals surface area contributed by atoms with Gasteiger partial charge in [-0.1, -0.05) is 0 Å². The molecule has 0 amide bonds. The first-order valence-electron chi connectivity index (χ1n) is 0.774. The summed E-state index contributed by atoms with van der Waals surface area (Å²) in [6.45, 7) is 4.54. The Bertz CT molecular complexity index is 169. The van der Waals surface area contributed by atoms with Crippen molar-refractivity contribution in [2.24, 2.45) is 0 Å². The molecule has 0 aliphatic rings. The predicted octanol–water partition coefficient (Wildman–Crippen LogP) is -0.658. The van der Waals surface area contributed by atoms with Crippen LogP contribution in [0, 0.1) is 0 Å². The molecule has 0 aromatic carbocycles. The Labute approximate surface area is 45.1 Å². The van der Waals surface area contributed by atoms with Crippen molar-refractivity contribution in [2.75, 3.05) is 0 Å². The summed E-state index contributed by atoms with van der Waals surface area (Å²) in [6, 6.07) is 0. The van der Waals surface area contributed by atoms with Crippen LogP contribution in [0.1, 0.15) is 0 Å². The topological polar surface area (TPSA) is 0 Å². The average Bonchev–Trinajstić information content (AvgIpc) is 1.38. The molecule has 0 aromatic rings. The van der Waals surface area contributed by atoms with Crippen LogP contribution in [-0.2, 0) is 38.5 Å². The van der Waals surface area contributed by atoms with Gasteiger partial charge in [0.2, 0.25) is 0 Å². The molecule has 0 radical (unpaired) electrons. The van der Waals surface area contributed by atoms with E-state index in [4.69, 9.17) is 6.53 Å². The minimum atomic E-state index is -0.406. The molecule has 0 aliphatic heterocycles. The van der Waals surface area contributed by atoms with E-state index in [-0.39, 0.29) is 0 Å². The number of thiol groups is 1. The second kappa shape index (κ2) is 3.15. The van der Waals surface area contributed by atoms with Gasteiger partial charge < -0.3 is 0 Å². The molecule has 0 spiro atoms. The third kappa shape index (κ3) is 4.94. The molecule has 28 valence electrons. The van der Waals surface area contributed by atoms with Gasteiger partial charge in [0.15, 0.2) is 0 Å². The van der Waals surface area contributed by atoms with Crippen LogP contribution < -0.4 is 0 Å². The Morgan fingerprint density at radius 1 is 1.60 bits per heavy atom. The van der Waals surface area contributed by atoms with Gasteiger partial charge in [-0.25, -0.2) is 0 Å². The molecule has 0 bridgehead atoms. The second-order valence-corrected chi connectivity index (χ2v) is 6.81. The maximum atomic E-state index is 4.95. The van der Waals surface area contributed by atoms with E-state index in [0.717, 1.165) is 0 Å². The van der Waals surface area contributed by atoms with Gasteiger partial charge in [-0.15, -0.1) is 0 Å². The van der Waals surface area contributed by atoms with E-state index in [1.807, 2.05) is 0 Å². The van der Waals surface area contributed by atoms with Crippen LogP contribution in [0.4, 0.5) is 0 Å². The van der Waals surface area contributed by atoms with Gasteiger partial charge in [0.25, 0.3) is 0 Å². The molecule has 0 nitrogen and oxygen atoms in total. The van der Waals surface area contributed by atoms with Crippen molar-refractivity contribution in [3.05, 3.63) is 0 Å². The summed E-state index contributed by atoms with van der Waals surface area (Å²) in [7, 11) is 0.654. The molecule has 0 heterocycles. The summed E-state index contributed by atoms with van der Waals surface area (Å²) in [5, 5.41) is 0. The van der Waals surface area contributed by atoms with Crippen LogP contribution in [0.3, 0.4) is 0 Å². The van der Waals surface area contributed by atoms with Crippen molar-refractivity contribution in [3.8, 4) is 0 Å². The molecule has 5 heavy (non-hydrogen) atoms. The van der Waals surface area contributed by atoms with Crippen molar-refractivity contribution in [1.29, 1.82) is 0 Å². The van der Waals surface area contributed by atoms with Gasteiger partial charge in [-0.2, -0.15) is 0 Å². The van der Waals surface area contributed by atoms with Gasteiger partial charge in [-0.3, -0.25) is 0 Å². The number of hydrogen-bond donors (Lipinski definition) is 1. The Hall–Kier alpha value is 0.945. The quantitative estimate of drug-likeness (QED) is 0.350. The van der Waals surface area contributed by atoms with Crippen LogP contribution in [0.2, 0.25) is 0 Å². The van der Waals surface area contributed by atoms with E-state index in [0.29, 0.717) is 9.56 Å². The van der Waals surface area contributed by atoms with Gasteiger partial charge in [-0.05, 0) is 0 Å². The van der Waals surface area contributed by atoms with E-state index in [9.17, 15) is 0 Å². The van der Waals surface area contributed by atoms with E-state index >= 15 is 0 Å². The fourth-order valence-corrected chi connectivity index (χ4v) is 0. The van der Waals surface area contributed by atoms with Crippen LogP contribution in [0.5, 0.6) is 0 Å². The third-order valence-electron chi connectivity index (χ3n) is 0.0861. The Morgan fingerprint density at radius 2 is 1.80 bits per heavy atom. The zero-order valence-corrected chi connectivity index (χ0v) is 5.59. The SMILES string of the molecule is B#[SH]=S(=S)=S. The molecule has 0 N–H and O–H groups in total. The van der Waals surface area contributed by atoms with E-state index in [1.165, 1.54) is 0 Å². The number of rotatable bonds is 0. The summed E-state index contributed by atoms with van der Waals surface area (Å²) in [4.78, 5) is 0. The fraction of sp³-hybridized carbons (Fsp3) is 0. The normalized spacial score (nSPS) is 6.80. The van der Waals surface area contributed by atoms with E-state index in [1.54, 1.807) is 0 Å². The molecule has 0 aliphatic carbocycles. The molecule has 0 aromatic heterocycles. The van der Waals surface area contributed by atoms with Gasteiger partial charge >= 0.3 is 45.0 Å². The summed E-state index contributed by atoms with van der Waals surface area (Å²) >= 11 is 8.97. The molecule has 0 rings (SSSR count). The molecule has 0 fully saturated rings. The number of hydrogen-bond acceptors (Lipinski definition) is 2. The fourth-order valence-electron chi connectivity index (χ4n) is 0. The Morgan fingerprint density at radius 3 is 1.80 bits per heavy atom. The van der Waals surface area contributed by atoms with Crippen LogP contribution >= 0.6 is 0 Å². The first-order valence-corrected chi connectivity index (χ1v) is 5.42. The molecular formula is HBS4. The molecule has 5 heteroatoms. The summed E-state index contributed by atoms with van der Waals surface area (Å²) in [6.07, 6.45) is 0. The maximum absolute atomic E-state index is 4.95. The van der Waals surface area contributed by atoms with Crippen molar-refractivity contribution in [1.82, 2.24) is 0 Å². The Balaban J connectivity index is 5.44. The molecule has 0 atom stereocenters. The van der Waals surface area contributed by atoms with Crippen LogP contribution in [0.15, 0.2) is 0 Å². The molecule has 0 saturated heterocycles. The van der Waals surface area contributed by atoms with Crippen molar-refractivity contribution in [2.45, 2.75) is 0 Å². The van der Waals surface area contributed by atoms with Gasteiger partial charge in [0.1, 0.15) is 0 Å². The zero-order chi connectivity index (χ0) is 4.28. The average molecular weight is 140 g/mol. The van der Waals surface area contributed by atoms with Crippen molar-refractivity contribution >= 4 is 45.0 Å². The predicted molar refractivity (Wildman–Crippen MR) is 36.6 cm³/mol. The van der Waals surface area contributed by atoms with E-state index < -0.39 is 6.57 Å². The van der Waals surface area contributed by atoms with Crippen molar-refractivity contribution < 1.29 is 0 Å². The first-order chi connectivity index (χ1) is 2.27. The monoisotopic (exact) mass is 140 g/mol. The third-order valence-corrected chi connectivity index (χ3v) is 2.32. The minimum absolute atomic E-state index is 0.406. The second-order valence-electron chi connectivity index (χ2n) is 0.323. The van der Waals surface area contributed by atoms with Gasteiger partial charge in [0.05, 0.1) is 0 Å². The standard InChI is InChI=1S/BHS4/c1-4-5(2)3/h4H. The Kier molecular flexibility index (Phi) is 3.74. The zero-order valence-electron chi connectivity index (χ0n) is 2.25. The molecule has 0 unspecified atom stereocenters. The first kappa shape index (κ1) is 5.94. The summed E-state index contributed by atoms with van der Waals surface area (Å²) in [5.74, 6) is 0. The van der Waals surface area contributed by atoms with Crippen LogP contribution in [-0.4, -0.2) is 6.53 Å². The van der Waals surface area contributed by atoms with Gasteiger partial charge in [0, 0.05) is 0 Å². The summed E-state index contributed by atoms with van der Waals surface area (Å²) in [5.41, 5.74) is 0. The van der Waals surface area contributed by atoms with Crippen molar-refractivity contribution in [3.63, 3.8) is 0 Å². The molecular weight excluding hydrogens is 139 g/mol. The summed E-state index contributed by atoms with van der Waals surface area (Å²) < 4.78 is 0. The van der Waals surface area contributed by atoms with E-state index in [2.05, 4.69) is 22.4 Å².